The first-order chi connectivity index (χ1) is 17.9. The Kier molecular flexibility index (Phi) is 5.66. The number of hydrogen-bond acceptors (Lipinski definition) is 5. The third-order valence-corrected chi connectivity index (χ3v) is 7.55. The van der Waals surface area contributed by atoms with Gasteiger partial charge in [-0.05, 0) is 29.3 Å². The molecule has 6 rings (SSSR count). The standard InChI is InChI=1S/C28H24ClN3O5/c29-19-11-12-22-20(14-19)28(36)15-23-24(33)30-21(13-17-7-3-1-4-8-17)25(34)31(23)26(28)32(22)27(35)37-16-18-9-5-2-6-10-18/h1-12,14,21,23,26,36H,13,15-16H2,(H,30,33)/t21-,23+,26+,28+/m1/s1. The molecule has 3 aromatic carbocycles. The van der Waals surface area contributed by atoms with E-state index in [0.717, 1.165) is 11.1 Å². The van der Waals surface area contributed by atoms with E-state index in [4.69, 9.17) is 16.3 Å². The number of carbonyl (C=O) groups is 3. The van der Waals surface area contributed by atoms with E-state index in [0.29, 0.717) is 16.3 Å². The lowest BCUT2D eigenvalue weighted by atomic mass is 9.91. The zero-order valence-electron chi connectivity index (χ0n) is 19.7. The molecule has 3 heterocycles. The average molecular weight is 518 g/mol. The molecule has 3 aromatic rings. The number of halogens is 1. The number of aliphatic hydroxyl groups is 1. The van der Waals surface area contributed by atoms with Crippen LogP contribution in [0, 0.1) is 0 Å². The van der Waals surface area contributed by atoms with E-state index < -0.39 is 29.9 Å². The summed E-state index contributed by atoms with van der Waals surface area (Å²) in [6.45, 7) is 0.0126. The van der Waals surface area contributed by atoms with Crippen molar-refractivity contribution in [2.45, 2.75) is 43.3 Å². The summed E-state index contributed by atoms with van der Waals surface area (Å²) < 4.78 is 5.62. The van der Waals surface area contributed by atoms with Crippen LogP contribution < -0.4 is 10.2 Å². The molecule has 4 atom stereocenters. The Hall–Kier alpha value is -3.88. The van der Waals surface area contributed by atoms with E-state index in [1.807, 2.05) is 60.7 Å². The van der Waals surface area contributed by atoms with Crippen molar-refractivity contribution in [1.82, 2.24) is 10.2 Å². The molecule has 3 amide bonds. The molecule has 0 radical (unpaired) electrons. The molecule has 3 aliphatic rings. The Bertz CT molecular complexity index is 1390. The average Bonchev–Trinajstić information content (AvgIpc) is 3.34. The largest absolute Gasteiger partial charge is 0.444 e. The minimum absolute atomic E-state index is 0.0126. The van der Waals surface area contributed by atoms with Gasteiger partial charge in [0.05, 0.1) is 5.69 Å². The SMILES string of the molecule is O=C1N[C@H](Cc2ccccc2)C(=O)N2[C@H]3N(C(=O)OCc4ccccc4)c4ccc(Cl)cc4[C@@]3(O)C[C@@H]12. The molecule has 2 fully saturated rings. The summed E-state index contributed by atoms with van der Waals surface area (Å²) in [6.07, 6.45) is -1.65. The molecule has 0 aromatic heterocycles. The number of hydrogen-bond donors (Lipinski definition) is 2. The third-order valence-electron chi connectivity index (χ3n) is 7.32. The second-order valence-electron chi connectivity index (χ2n) is 9.59. The summed E-state index contributed by atoms with van der Waals surface area (Å²) in [7, 11) is 0. The van der Waals surface area contributed by atoms with Crippen LogP contribution in [0.2, 0.25) is 5.02 Å². The molecule has 9 heteroatoms. The fraction of sp³-hybridized carbons (Fsp3) is 0.250. The van der Waals surface area contributed by atoms with Crippen LogP contribution in [-0.4, -0.2) is 46.2 Å². The van der Waals surface area contributed by atoms with Crippen LogP contribution in [0.15, 0.2) is 78.9 Å². The number of amides is 3. The normalized spacial score (nSPS) is 25.8. The Morgan fingerprint density at radius 2 is 1.70 bits per heavy atom. The number of anilines is 1. The van der Waals surface area contributed by atoms with Gasteiger partial charge in [-0.2, -0.15) is 0 Å². The number of nitrogens with zero attached hydrogens (tertiary/aromatic N) is 2. The van der Waals surface area contributed by atoms with Gasteiger partial charge in [0.1, 0.15) is 30.5 Å². The van der Waals surface area contributed by atoms with Gasteiger partial charge in [-0.3, -0.25) is 14.5 Å². The molecule has 37 heavy (non-hydrogen) atoms. The van der Waals surface area contributed by atoms with E-state index in [-0.39, 0.29) is 31.3 Å². The molecule has 3 aliphatic heterocycles. The van der Waals surface area contributed by atoms with Gasteiger partial charge < -0.3 is 20.1 Å². The van der Waals surface area contributed by atoms with Gasteiger partial charge in [-0.1, -0.05) is 72.3 Å². The van der Waals surface area contributed by atoms with Crippen molar-refractivity contribution in [3.63, 3.8) is 0 Å². The molecule has 0 unspecified atom stereocenters. The number of carbonyl (C=O) groups excluding carboxylic acids is 3. The summed E-state index contributed by atoms with van der Waals surface area (Å²) in [5.74, 6) is -0.737. The maximum atomic E-state index is 13.8. The van der Waals surface area contributed by atoms with Crippen LogP contribution >= 0.6 is 11.6 Å². The van der Waals surface area contributed by atoms with Crippen LogP contribution in [0.5, 0.6) is 0 Å². The Morgan fingerprint density at radius 3 is 2.41 bits per heavy atom. The highest BCUT2D eigenvalue weighted by atomic mass is 35.5. The van der Waals surface area contributed by atoms with E-state index in [2.05, 4.69) is 5.32 Å². The van der Waals surface area contributed by atoms with E-state index >= 15 is 0 Å². The van der Waals surface area contributed by atoms with E-state index in [1.165, 1.54) is 9.80 Å². The highest BCUT2D eigenvalue weighted by molar-refractivity contribution is 6.30. The van der Waals surface area contributed by atoms with Crippen molar-refractivity contribution < 1.29 is 24.2 Å². The van der Waals surface area contributed by atoms with Crippen molar-refractivity contribution in [3.8, 4) is 0 Å². The zero-order chi connectivity index (χ0) is 25.7. The van der Waals surface area contributed by atoms with Crippen molar-refractivity contribution in [3.05, 3.63) is 101 Å². The number of piperazine rings is 1. The summed E-state index contributed by atoms with van der Waals surface area (Å²) >= 11 is 6.26. The van der Waals surface area contributed by atoms with Gasteiger partial charge in [0, 0.05) is 23.4 Å². The highest BCUT2D eigenvalue weighted by Gasteiger charge is 2.66. The molecule has 188 valence electrons. The Morgan fingerprint density at radius 1 is 1.03 bits per heavy atom. The predicted molar refractivity (Wildman–Crippen MR) is 136 cm³/mol. The lowest BCUT2D eigenvalue weighted by Gasteiger charge is -2.40. The second kappa shape index (κ2) is 8.90. The summed E-state index contributed by atoms with van der Waals surface area (Å²) in [5, 5.41) is 15.2. The molecular formula is C28H24ClN3O5. The maximum absolute atomic E-state index is 13.8. The molecular weight excluding hydrogens is 494 g/mol. The quantitative estimate of drug-likeness (QED) is 0.553. The monoisotopic (exact) mass is 517 g/mol. The second-order valence-corrected chi connectivity index (χ2v) is 10.0. The first-order valence-electron chi connectivity index (χ1n) is 12.1. The van der Waals surface area contributed by atoms with Crippen molar-refractivity contribution in [2.75, 3.05) is 4.90 Å². The van der Waals surface area contributed by atoms with E-state index in [9.17, 15) is 19.5 Å². The Labute approximate surface area is 218 Å². The maximum Gasteiger partial charge on any atom is 0.416 e. The van der Waals surface area contributed by atoms with Gasteiger partial charge >= 0.3 is 6.09 Å². The van der Waals surface area contributed by atoms with Gasteiger partial charge in [-0.25, -0.2) is 4.79 Å². The molecule has 0 saturated carbocycles. The summed E-state index contributed by atoms with van der Waals surface area (Å²) in [6, 6.07) is 21.6. The first-order valence-corrected chi connectivity index (χ1v) is 12.4. The van der Waals surface area contributed by atoms with Gasteiger partial charge in [0.2, 0.25) is 11.8 Å². The summed E-state index contributed by atoms with van der Waals surface area (Å²) in [5.41, 5.74) is 0.769. The molecule has 8 nitrogen and oxygen atoms in total. The fourth-order valence-electron chi connectivity index (χ4n) is 5.66. The molecule has 0 spiro atoms. The lowest BCUT2D eigenvalue weighted by Crippen LogP contribution is -2.66. The molecule has 0 bridgehead atoms. The first kappa shape index (κ1) is 23.5. The molecule has 2 N–H and O–H groups in total. The Balaban J connectivity index is 1.36. The number of nitrogens with one attached hydrogen (secondary N) is 1. The van der Waals surface area contributed by atoms with Crippen molar-refractivity contribution in [2.24, 2.45) is 0 Å². The fourth-order valence-corrected chi connectivity index (χ4v) is 5.83. The van der Waals surface area contributed by atoms with E-state index in [1.54, 1.807) is 18.2 Å². The van der Waals surface area contributed by atoms with Crippen molar-refractivity contribution >= 4 is 35.2 Å². The molecule has 0 aliphatic carbocycles. The minimum Gasteiger partial charge on any atom is -0.444 e. The van der Waals surface area contributed by atoms with Crippen molar-refractivity contribution in [1.29, 1.82) is 0 Å². The number of benzene rings is 3. The number of ether oxygens (including phenoxy) is 1. The van der Waals surface area contributed by atoms with Gasteiger partial charge in [0.25, 0.3) is 0 Å². The van der Waals surface area contributed by atoms with Gasteiger partial charge in [-0.15, -0.1) is 0 Å². The molecule has 2 saturated heterocycles. The van der Waals surface area contributed by atoms with Crippen LogP contribution in [0.3, 0.4) is 0 Å². The zero-order valence-corrected chi connectivity index (χ0v) is 20.5. The van der Waals surface area contributed by atoms with Crippen LogP contribution in [0.25, 0.3) is 0 Å². The van der Waals surface area contributed by atoms with Crippen LogP contribution in [0.4, 0.5) is 10.5 Å². The third kappa shape index (κ3) is 3.84. The number of fused-ring (bicyclic) bond motifs is 5. The van der Waals surface area contributed by atoms with Crippen LogP contribution in [0.1, 0.15) is 23.1 Å². The smallest absolute Gasteiger partial charge is 0.416 e. The van der Waals surface area contributed by atoms with Crippen LogP contribution in [-0.2, 0) is 33.0 Å². The summed E-state index contributed by atoms with van der Waals surface area (Å²) in [4.78, 5) is 43.1. The predicted octanol–water partition coefficient (Wildman–Crippen LogP) is 3.35. The number of rotatable bonds is 4. The minimum atomic E-state index is -1.69. The topological polar surface area (TPSA) is 99.2 Å². The highest BCUT2D eigenvalue weighted by Crippen LogP contribution is 2.54. The van der Waals surface area contributed by atoms with Gasteiger partial charge in [0.15, 0.2) is 0 Å². The lowest BCUT2D eigenvalue weighted by molar-refractivity contribution is -0.149.